The van der Waals surface area contributed by atoms with Crippen molar-refractivity contribution in [3.63, 3.8) is 0 Å². The molecule has 1 aromatic rings. The van der Waals surface area contributed by atoms with Crippen LogP contribution in [0.3, 0.4) is 0 Å². The van der Waals surface area contributed by atoms with Gasteiger partial charge < -0.3 is 18.9 Å². The monoisotopic (exact) mass is 489 g/mol. The van der Waals surface area contributed by atoms with Crippen molar-refractivity contribution in [3.8, 4) is 5.88 Å². The van der Waals surface area contributed by atoms with Crippen molar-refractivity contribution in [3.05, 3.63) is 12.1 Å². The maximum Gasteiger partial charge on any atom is 0.495 e. The number of ether oxygens (including phenoxy) is 1. The average molecular weight is 489 g/mol. The van der Waals surface area contributed by atoms with E-state index < -0.39 is 36.1 Å². The zero-order valence-electron chi connectivity index (χ0n) is 20.7. The topological polar surface area (TPSA) is 47.1 Å². The second-order valence-electron chi connectivity index (χ2n) is 10.5. The molecule has 0 saturated carbocycles. The Morgan fingerprint density at radius 1 is 1.12 bits per heavy atom. The fourth-order valence-corrected chi connectivity index (χ4v) is 4.57. The first-order valence-corrected chi connectivity index (χ1v) is 12.2. The van der Waals surface area contributed by atoms with Crippen molar-refractivity contribution < 1.29 is 27.2 Å². The number of rotatable bonds is 5. The maximum absolute atomic E-state index is 14.1. The molecule has 0 radical (unpaired) electrons. The third-order valence-electron chi connectivity index (χ3n) is 6.07. The quantitative estimate of drug-likeness (QED) is 0.452. The van der Waals surface area contributed by atoms with E-state index in [-0.39, 0.29) is 24.8 Å². The molecule has 11 heteroatoms. The predicted molar refractivity (Wildman–Crippen MR) is 127 cm³/mol. The number of nitrogens with zero attached hydrogens (tertiary/aromatic N) is 3. The second kappa shape index (κ2) is 9.13. The smallest absolute Gasteiger partial charge is 0.472 e. The molecule has 2 saturated heterocycles. The predicted octanol–water partition coefficient (Wildman–Crippen LogP) is 4.28. The van der Waals surface area contributed by atoms with E-state index in [2.05, 4.69) is 4.98 Å². The van der Waals surface area contributed by atoms with Crippen LogP contribution in [-0.2, 0) is 9.31 Å². The number of alkyl halides is 3. The van der Waals surface area contributed by atoms with Crippen LogP contribution in [0.15, 0.2) is 12.1 Å². The van der Waals surface area contributed by atoms with Gasteiger partial charge in [-0.3, -0.25) is 0 Å². The van der Waals surface area contributed by atoms with E-state index in [1.165, 1.54) is 16.8 Å². The van der Waals surface area contributed by atoms with E-state index in [0.29, 0.717) is 12.0 Å². The highest BCUT2D eigenvalue weighted by Gasteiger charge is 2.52. The Labute approximate surface area is 199 Å². The van der Waals surface area contributed by atoms with E-state index in [1.54, 1.807) is 16.4 Å². The molecule has 0 aromatic carbocycles. The molecule has 0 amide bonds. The van der Waals surface area contributed by atoms with Crippen molar-refractivity contribution in [1.29, 1.82) is 0 Å². The SMILES string of the molecule is CCSN1CCN(c2cc(B3OC(C)(C)C(C)(C)O3)cc(OC(C)(C)C)n2)C(C(F)(F)F)C1. The molecule has 33 heavy (non-hydrogen) atoms. The minimum atomic E-state index is -4.40. The summed E-state index contributed by atoms with van der Waals surface area (Å²) >= 11 is 1.42. The first-order valence-electron chi connectivity index (χ1n) is 11.3. The summed E-state index contributed by atoms with van der Waals surface area (Å²) in [6, 6.07) is 1.66. The van der Waals surface area contributed by atoms with Gasteiger partial charge >= 0.3 is 13.3 Å². The van der Waals surface area contributed by atoms with Crippen LogP contribution < -0.4 is 15.1 Å². The van der Waals surface area contributed by atoms with Crippen LogP contribution in [0, 0.1) is 0 Å². The number of anilines is 1. The van der Waals surface area contributed by atoms with Crippen molar-refractivity contribution in [2.75, 3.05) is 30.3 Å². The fourth-order valence-electron chi connectivity index (χ4n) is 3.75. The third-order valence-corrected chi connectivity index (χ3v) is 7.03. The van der Waals surface area contributed by atoms with Gasteiger partial charge in [0.15, 0.2) is 0 Å². The van der Waals surface area contributed by atoms with Gasteiger partial charge in [0.2, 0.25) is 5.88 Å². The lowest BCUT2D eigenvalue weighted by atomic mass is 9.79. The Morgan fingerprint density at radius 2 is 1.73 bits per heavy atom. The molecule has 1 aromatic heterocycles. The standard InChI is InChI=1S/C22H35BF3N3O3S/c1-9-33-28-10-11-29(16(14-28)22(24,25)26)17-12-15(13-18(27-17)30-19(2,3)4)23-31-20(5,6)21(7,8)32-23/h12-13,16H,9-11,14H2,1-8H3. The van der Waals surface area contributed by atoms with E-state index >= 15 is 0 Å². The van der Waals surface area contributed by atoms with Crippen molar-refractivity contribution in [2.45, 2.75) is 84.4 Å². The van der Waals surface area contributed by atoms with Gasteiger partial charge in [0.1, 0.15) is 17.5 Å². The highest BCUT2D eigenvalue weighted by atomic mass is 32.2. The molecule has 3 rings (SSSR count). The van der Waals surface area contributed by atoms with Gasteiger partial charge in [-0.1, -0.05) is 18.9 Å². The summed E-state index contributed by atoms with van der Waals surface area (Å²) in [5, 5.41) is 0. The summed E-state index contributed by atoms with van der Waals surface area (Å²) in [5.41, 5.74) is -1.14. The van der Waals surface area contributed by atoms with Crippen LogP contribution >= 0.6 is 11.9 Å². The lowest BCUT2D eigenvalue weighted by molar-refractivity contribution is -0.153. The van der Waals surface area contributed by atoms with Crippen LogP contribution in [0.1, 0.15) is 55.4 Å². The Kier molecular flexibility index (Phi) is 7.31. The summed E-state index contributed by atoms with van der Waals surface area (Å²) in [6.45, 7) is 15.9. The minimum absolute atomic E-state index is 0.125. The van der Waals surface area contributed by atoms with Gasteiger partial charge in [-0.2, -0.15) is 18.2 Å². The molecule has 0 bridgehead atoms. The molecular weight excluding hydrogens is 454 g/mol. The van der Waals surface area contributed by atoms with Crippen LogP contribution in [-0.4, -0.2) is 70.8 Å². The minimum Gasteiger partial charge on any atom is -0.472 e. The molecule has 1 atom stereocenters. The highest BCUT2D eigenvalue weighted by Crippen LogP contribution is 2.38. The number of piperazine rings is 1. The van der Waals surface area contributed by atoms with E-state index in [9.17, 15) is 13.2 Å². The average Bonchev–Trinajstić information content (AvgIpc) is 2.87. The van der Waals surface area contributed by atoms with Crippen molar-refractivity contribution in [1.82, 2.24) is 9.29 Å². The van der Waals surface area contributed by atoms with Crippen molar-refractivity contribution in [2.24, 2.45) is 0 Å². The number of aromatic nitrogens is 1. The fraction of sp³-hybridized carbons (Fsp3) is 0.773. The molecule has 2 fully saturated rings. The van der Waals surface area contributed by atoms with Crippen LogP contribution in [0.25, 0.3) is 0 Å². The Balaban J connectivity index is 2.01. The van der Waals surface area contributed by atoms with Crippen molar-refractivity contribution >= 4 is 30.3 Å². The molecule has 0 N–H and O–H groups in total. The summed E-state index contributed by atoms with van der Waals surface area (Å²) in [5.74, 6) is 1.19. The number of halogens is 3. The summed E-state index contributed by atoms with van der Waals surface area (Å²) < 4.78 is 62.3. The van der Waals surface area contributed by atoms with Gasteiger partial charge in [0.05, 0.1) is 11.2 Å². The molecule has 6 nitrogen and oxygen atoms in total. The maximum atomic E-state index is 14.1. The van der Waals surface area contributed by atoms with Crippen LogP contribution in [0.2, 0.25) is 0 Å². The summed E-state index contributed by atoms with van der Waals surface area (Å²) in [6.07, 6.45) is -4.40. The zero-order chi connectivity index (χ0) is 24.8. The van der Waals surface area contributed by atoms with Gasteiger partial charge in [-0.05, 0) is 60.0 Å². The zero-order valence-corrected chi connectivity index (χ0v) is 21.6. The number of hydrogen-bond acceptors (Lipinski definition) is 7. The van der Waals surface area contributed by atoms with E-state index in [1.807, 2.05) is 55.4 Å². The molecule has 186 valence electrons. The first kappa shape index (κ1) is 26.4. The lowest BCUT2D eigenvalue weighted by Gasteiger charge is -2.42. The second-order valence-corrected chi connectivity index (χ2v) is 11.8. The van der Waals surface area contributed by atoms with Gasteiger partial charge in [-0.15, -0.1) is 0 Å². The van der Waals surface area contributed by atoms with Gasteiger partial charge in [0, 0.05) is 31.5 Å². The van der Waals surface area contributed by atoms with Crippen LogP contribution in [0.4, 0.5) is 19.0 Å². The summed E-state index contributed by atoms with van der Waals surface area (Å²) in [4.78, 5) is 5.82. The first-order chi connectivity index (χ1) is 15.0. The van der Waals surface area contributed by atoms with Gasteiger partial charge in [0.25, 0.3) is 0 Å². The molecule has 0 spiro atoms. The number of pyridine rings is 1. The summed E-state index contributed by atoms with van der Waals surface area (Å²) in [7, 11) is -0.736. The van der Waals surface area contributed by atoms with E-state index in [0.717, 1.165) is 5.75 Å². The molecule has 0 aliphatic carbocycles. The molecule has 2 aliphatic heterocycles. The number of hydrogen-bond donors (Lipinski definition) is 0. The van der Waals surface area contributed by atoms with Crippen LogP contribution in [0.5, 0.6) is 5.88 Å². The van der Waals surface area contributed by atoms with E-state index in [4.69, 9.17) is 14.0 Å². The molecule has 1 unspecified atom stereocenters. The molecule has 3 heterocycles. The molecule has 2 aliphatic rings. The molecular formula is C22H35BF3N3O3S. The Morgan fingerprint density at radius 3 is 2.24 bits per heavy atom. The van der Waals surface area contributed by atoms with Gasteiger partial charge in [-0.25, -0.2) is 4.31 Å². The third kappa shape index (κ3) is 6.10. The Hall–Kier alpha value is -1.17. The largest absolute Gasteiger partial charge is 0.495 e. The Bertz CT molecular complexity index is 832. The highest BCUT2D eigenvalue weighted by molar-refractivity contribution is 7.96. The normalized spacial score (nSPS) is 23.8. The lowest BCUT2D eigenvalue weighted by Crippen LogP contribution is -2.58.